The Hall–Kier alpha value is -1.63. The van der Waals surface area contributed by atoms with Crippen molar-refractivity contribution < 1.29 is 0 Å². The van der Waals surface area contributed by atoms with Gasteiger partial charge in [0.15, 0.2) is 5.82 Å². The molecular weight excluding hydrogens is 323 g/mol. The van der Waals surface area contributed by atoms with Crippen molar-refractivity contribution in [2.45, 2.75) is 6.42 Å². The number of halogens is 2. The molecule has 1 aromatic carbocycles. The van der Waals surface area contributed by atoms with Crippen LogP contribution in [0.25, 0.3) is 0 Å². The number of nitrogens with zero attached hydrogens (tertiary/aromatic N) is 4. The highest BCUT2D eigenvalue weighted by molar-refractivity contribution is 6.35. The summed E-state index contributed by atoms with van der Waals surface area (Å²) in [5.74, 6) is 1.06. The molecule has 0 saturated heterocycles. The quantitative estimate of drug-likeness (QED) is 0.754. The minimum absolute atomic E-state index is 0.483. The Morgan fingerprint density at radius 2 is 1.86 bits per heavy atom. The van der Waals surface area contributed by atoms with Crippen LogP contribution < -0.4 is 10.6 Å². The summed E-state index contributed by atoms with van der Waals surface area (Å²) in [7, 11) is 4.08. The zero-order chi connectivity index (χ0) is 15.9. The first kappa shape index (κ1) is 16.7. The van der Waals surface area contributed by atoms with Gasteiger partial charge < -0.3 is 15.5 Å². The molecule has 1 aromatic heterocycles. The van der Waals surface area contributed by atoms with Crippen LogP contribution in [0, 0.1) is 0 Å². The second kappa shape index (κ2) is 8.12. The van der Waals surface area contributed by atoms with Gasteiger partial charge in [0.05, 0.1) is 6.20 Å². The Kier molecular flexibility index (Phi) is 6.18. The van der Waals surface area contributed by atoms with Crippen molar-refractivity contribution >= 4 is 40.7 Å². The number of hydrogen-bond donors (Lipinski definition) is 2. The highest BCUT2D eigenvalue weighted by Gasteiger charge is 2.03. The third-order valence-corrected chi connectivity index (χ3v) is 3.20. The number of anilines is 3. The first-order valence-electron chi connectivity index (χ1n) is 6.84. The summed E-state index contributed by atoms with van der Waals surface area (Å²) in [5.41, 5.74) is 0.747. The topological polar surface area (TPSA) is 66.0 Å². The van der Waals surface area contributed by atoms with Gasteiger partial charge in [-0.15, -0.1) is 5.10 Å². The van der Waals surface area contributed by atoms with Gasteiger partial charge in [-0.25, -0.2) is 0 Å². The van der Waals surface area contributed by atoms with Crippen molar-refractivity contribution in [3.63, 3.8) is 0 Å². The molecule has 0 atom stereocenters. The molecule has 118 valence electrons. The van der Waals surface area contributed by atoms with Gasteiger partial charge in [-0.2, -0.15) is 10.1 Å². The molecule has 22 heavy (non-hydrogen) atoms. The summed E-state index contributed by atoms with van der Waals surface area (Å²) in [4.78, 5) is 6.48. The van der Waals surface area contributed by atoms with E-state index in [4.69, 9.17) is 23.2 Å². The molecule has 2 rings (SSSR count). The van der Waals surface area contributed by atoms with Gasteiger partial charge in [-0.05, 0) is 45.3 Å². The van der Waals surface area contributed by atoms with E-state index < -0.39 is 0 Å². The van der Waals surface area contributed by atoms with Gasteiger partial charge in [-0.1, -0.05) is 23.2 Å². The van der Waals surface area contributed by atoms with E-state index in [0.29, 0.717) is 21.8 Å². The van der Waals surface area contributed by atoms with Crippen molar-refractivity contribution in [1.82, 2.24) is 20.1 Å². The molecule has 0 radical (unpaired) electrons. The van der Waals surface area contributed by atoms with Gasteiger partial charge >= 0.3 is 0 Å². The average molecular weight is 341 g/mol. The SMILES string of the molecule is CN(C)CCCNc1nncc(Nc2cc(Cl)cc(Cl)c2)n1. The average Bonchev–Trinajstić information content (AvgIpc) is 2.43. The summed E-state index contributed by atoms with van der Waals surface area (Å²) >= 11 is 11.9. The highest BCUT2D eigenvalue weighted by Crippen LogP contribution is 2.24. The molecule has 0 aliphatic rings. The molecule has 0 bridgehead atoms. The molecule has 2 aromatic rings. The summed E-state index contributed by atoms with van der Waals surface area (Å²) < 4.78 is 0. The van der Waals surface area contributed by atoms with Gasteiger partial charge in [0.2, 0.25) is 5.95 Å². The molecule has 0 unspecified atom stereocenters. The highest BCUT2D eigenvalue weighted by atomic mass is 35.5. The summed E-state index contributed by atoms with van der Waals surface area (Å²) in [6.45, 7) is 1.78. The molecule has 1 heterocycles. The van der Waals surface area contributed by atoms with E-state index in [1.54, 1.807) is 24.4 Å². The van der Waals surface area contributed by atoms with Crippen LogP contribution in [0.5, 0.6) is 0 Å². The van der Waals surface area contributed by atoms with Crippen LogP contribution in [-0.2, 0) is 0 Å². The fraction of sp³-hybridized carbons (Fsp3) is 0.357. The maximum atomic E-state index is 5.97. The van der Waals surface area contributed by atoms with Gasteiger partial charge in [-0.3, -0.25) is 0 Å². The number of nitrogens with one attached hydrogen (secondary N) is 2. The first-order valence-corrected chi connectivity index (χ1v) is 7.60. The Balaban J connectivity index is 1.96. The molecule has 2 N–H and O–H groups in total. The van der Waals surface area contributed by atoms with Crippen LogP contribution in [0.15, 0.2) is 24.4 Å². The Labute approximate surface area is 139 Å². The van der Waals surface area contributed by atoms with E-state index >= 15 is 0 Å². The minimum Gasteiger partial charge on any atom is -0.353 e. The van der Waals surface area contributed by atoms with E-state index in [-0.39, 0.29) is 0 Å². The predicted octanol–water partition coefficient (Wildman–Crippen LogP) is 3.29. The predicted molar refractivity (Wildman–Crippen MR) is 91.2 cm³/mol. The Bertz CT molecular complexity index is 600. The van der Waals surface area contributed by atoms with Gasteiger partial charge in [0.1, 0.15) is 0 Å². The van der Waals surface area contributed by atoms with E-state index in [1.165, 1.54) is 0 Å². The number of hydrogen-bond acceptors (Lipinski definition) is 6. The lowest BCUT2D eigenvalue weighted by Crippen LogP contribution is -2.17. The first-order chi connectivity index (χ1) is 10.5. The zero-order valence-corrected chi connectivity index (χ0v) is 14.0. The molecule has 0 fully saturated rings. The van der Waals surface area contributed by atoms with Crippen LogP contribution in [0.2, 0.25) is 10.0 Å². The number of benzene rings is 1. The summed E-state index contributed by atoms with van der Waals surface area (Å²) in [6, 6.07) is 5.20. The summed E-state index contributed by atoms with van der Waals surface area (Å²) in [6.07, 6.45) is 2.54. The van der Waals surface area contributed by atoms with E-state index in [2.05, 4.69) is 30.7 Å². The van der Waals surface area contributed by atoms with Crippen molar-refractivity contribution in [3.8, 4) is 0 Å². The second-order valence-electron chi connectivity index (χ2n) is 5.03. The van der Waals surface area contributed by atoms with Gasteiger partial charge in [0.25, 0.3) is 0 Å². The molecule has 0 amide bonds. The molecule has 0 aliphatic carbocycles. The fourth-order valence-electron chi connectivity index (χ4n) is 1.81. The summed E-state index contributed by atoms with van der Waals surface area (Å²) in [5, 5.41) is 15.2. The minimum atomic E-state index is 0.483. The number of rotatable bonds is 7. The Morgan fingerprint density at radius 1 is 1.14 bits per heavy atom. The van der Waals surface area contributed by atoms with Crippen LogP contribution >= 0.6 is 23.2 Å². The molecule has 8 heteroatoms. The second-order valence-corrected chi connectivity index (χ2v) is 5.90. The molecule has 0 saturated carbocycles. The van der Waals surface area contributed by atoms with Crippen LogP contribution in [0.3, 0.4) is 0 Å². The third kappa shape index (κ3) is 5.63. The normalized spacial score (nSPS) is 10.8. The maximum absolute atomic E-state index is 5.97. The third-order valence-electron chi connectivity index (χ3n) is 2.76. The monoisotopic (exact) mass is 340 g/mol. The molecule has 0 aliphatic heterocycles. The van der Waals surface area contributed by atoms with E-state index in [1.807, 2.05) is 14.1 Å². The molecule has 6 nitrogen and oxygen atoms in total. The lowest BCUT2D eigenvalue weighted by atomic mass is 10.3. The lowest BCUT2D eigenvalue weighted by Gasteiger charge is -2.10. The standard InChI is InChI=1S/C14H18Cl2N6/c1-22(2)5-3-4-17-14-20-13(9-18-21-14)19-12-7-10(15)6-11(16)8-12/h6-9H,3-5H2,1-2H3,(H2,17,19,20,21). The van der Waals surface area contributed by atoms with Crippen molar-refractivity contribution in [3.05, 3.63) is 34.4 Å². The Morgan fingerprint density at radius 3 is 2.55 bits per heavy atom. The van der Waals surface area contributed by atoms with E-state index in [9.17, 15) is 0 Å². The smallest absolute Gasteiger partial charge is 0.244 e. The maximum Gasteiger partial charge on any atom is 0.244 e. The lowest BCUT2D eigenvalue weighted by molar-refractivity contribution is 0.405. The number of aromatic nitrogens is 3. The van der Waals surface area contributed by atoms with Crippen LogP contribution in [0.4, 0.5) is 17.5 Å². The van der Waals surface area contributed by atoms with E-state index in [0.717, 1.165) is 25.2 Å². The largest absolute Gasteiger partial charge is 0.353 e. The molecule has 0 spiro atoms. The van der Waals surface area contributed by atoms with Crippen molar-refractivity contribution in [1.29, 1.82) is 0 Å². The van der Waals surface area contributed by atoms with Crippen molar-refractivity contribution in [2.75, 3.05) is 37.8 Å². The van der Waals surface area contributed by atoms with Gasteiger partial charge in [0, 0.05) is 22.3 Å². The fourth-order valence-corrected chi connectivity index (χ4v) is 2.33. The zero-order valence-electron chi connectivity index (χ0n) is 12.5. The van der Waals surface area contributed by atoms with Crippen LogP contribution in [-0.4, -0.2) is 47.3 Å². The van der Waals surface area contributed by atoms with Crippen molar-refractivity contribution in [2.24, 2.45) is 0 Å². The van der Waals surface area contributed by atoms with Crippen LogP contribution in [0.1, 0.15) is 6.42 Å². The molecular formula is C14H18Cl2N6.